The summed E-state index contributed by atoms with van der Waals surface area (Å²) in [5.74, 6) is -1.17. The Morgan fingerprint density at radius 3 is 2.41 bits per heavy atom. The fourth-order valence-corrected chi connectivity index (χ4v) is 2.42. The number of rotatable bonds is 8. The second kappa shape index (κ2) is 10.6. The maximum Gasteiger partial charge on any atom is 0.326 e. The molecule has 1 N–H and O–H groups in total. The minimum Gasteiger partial charge on any atom is -0.454 e. The number of aromatic nitrogens is 2. The molecule has 2 aromatic rings. The number of ether oxygens (including phenoxy) is 1. The molecule has 0 aliphatic heterocycles. The third-order valence-corrected chi connectivity index (χ3v) is 4.22. The molecule has 0 saturated heterocycles. The molecule has 1 heterocycles. The number of amides is 2. The Kier molecular flexibility index (Phi) is 8.17. The number of anilines is 2. The topological polar surface area (TPSA) is 105 Å². The largest absolute Gasteiger partial charge is 0.454 e. The summed E-state index contributed by atoms with van der Waals surface area (Å²) in [6.07, 6.45) is 0. The summed E-state index contributed by atoms with van der Waals surface area (Å²) in [7, 11) is 3.05. The first-order valence-electron chi connectivity index (χ1n) is 8.40. The van der Waals surface area contributed by atoms with Crippen LogP contribution in [0.25, 0.3) is 0 Å². The van der Waals surface area contributed by atoms with Gasteiger partial charge in [-0.1, -0.05) is 35.3 Å². The predicted molar refractivity (Wildman–Crippen MR) is 109 cm³/mol. The lowest BCUT2D eigenvalue weighted by molar-refractivity contribution is -0.150. The zero-order valence-corrected chi connectivity index (χ0v) is 17.3. The summed E-state index contributed by atoms with van der Waals surface area (Å²) < 4.78 is 4.96. The molecule has 0 spiro atoms. The van der Waals surface area contributed by atoms with Crippen LogP contribution in [0.15, 0.2) is 36.4 Å². The van der Waals surface area contributed by atoms with Crippen molar-refractivity contribution in [1.29, 1.82) is 0 Å². The van der Waals surface area contributed by atoms with E-state index in [0.717, 1.165) is 4.90 Å². The van der Waals surface area contributed by atoms with Crippen molar-refractivity contribution in [3.63, 3.8) is 0 Å². The first-order chi connectivity index (χ1) is 13.8. The Bertz CT molecular complexity index is 879. The Labute approximate surface area is 177 Å². The van der Waals surface area contributed by atoms with E-state index >= 15 is 0 Å². The molecule has 29 heavy (non-hydrogen) atoms. The smallest absolute Gasteiger partial charge is 0.326 e. The average Bonchev–Trinajstić information content (AvgIpc) is 2.68. The molecule has 1 aromatic heterocycles. The number of benzene rings is 1. The van der Waals surface area contributed by atoms with E-state index in [-0.39, 0.29) is 18.2 Å². The zero-order chi connectivity index (χ0) is 21.4. The van der Waals surface area contributed by atoms with E-state index in [0.29, 0.717) is 16.5 Å². The van der Waals surface area contributed by atoms with Crippen LogP contribution in [0.1, 0.15) is 0 Å². The lowest BCUT2D eigenvalue weighted by Crippen LogP contribution is -2.38. The summed E-state index contributed by atoms with van der Waals surface area (Å²) in [5.41, 5.74) is 0.444. The molecule has 0 unspecified atom stereocenters. The second-order valence-electron chi connectivity index (χ2n) is 6.01. The first-order valence-corrected chi connectivity index (χ1v) is 9.16. The molecule has 2 rings (SSSR count). The highest BCUT2D eigenvalue weighted by Gasteiger charge is 2.17. The van der Waals surface area contributed by atoms with Crippen LogP contribution < -0.4 is 10.2 Å². The van der Waals surface area contributed by atoms with Gasteiger partial charge < -0.3 is 19.9 Å². The molecule has 0 fully saturated rings. The van der Waals surface area contributed by atoms with Gasteiger partial charge in [0.1, 0.15) is 6.54 Å². The predicted octanol–water partition coefficient (Wildman–Crippen LogP) is 1.86. The van der Waals surface area contributed by atoms with Gasteiger partial charge in [0.05, 0.1) is 17.3 Å². The number of nitrogens with zero attached hydrogens (tertiary/aromatic N) is 4. The first kappa shape index (κ1) is 22.4. The lowest BCUT2D eigenvalue weighted by atomic mass is 10.3. The van der Waals surface area contributed by atoms with Crippen molar-refractivity contribution < 1.29 is 19.1 Å². The minimum atomic E-state index is -0.633. The van der Waals surface area contributed by atoms with Crippen LogP contribution in [0.5, 0.6) is 0 Å². The number of halogens is 2. The monoisotopic (exact) mass is 439 g/mol. The number of hydrogen-bond donors (Lipinski definition) is 1. The maximum atomic E-state index is 12.1. The van der Waals surface area contributed by atoms with Crippen molar-refractivity contribution in [1.82, 2.24) is 15.1 Å². The van der Waals surface area contributed by atoms with Gasteiger partial charge >= 0.3 is 5.97 Å². The normalized spacial score (nSPS) is 10.2. The Morgan fingerprint density at radius 1 is 1.03 bits per heavy atom. The number of carbonyl (C=O) groups excluding carboxylic acids is 3. The van der Waals surface area contributed by atoms with Crippen LogP contribution in [0.4, 0.5) is 11.5 Å². The zero-order valence-electron chi connectivity index (χ0n) is 15.8. The molecule has 11 heteroatoms. The van der Waals surface area contributed by atoms with Gasteiger partial charge in [0, 0.05) is 14.1 Å². The van der Waals surface area contributed by atoms with Crippen molar-refractivity contribution in [2.24, 2.45) is 0 Å². The SMILES string of the molecule is CN(CC(=O)Nc1ccccc1Cl)C(=O)COC(=O)CN(C)c1ccc(Cl)nn1. The Balaban J connectivity index is 1.75. The van der Waals surface area contributed by atoms with Crippen LogP contribution in [-0.4, -0.2) is 66.7 Å². The molecular formula is C18H19Cl2N5O4. The quantitative estimate of drug-likeness (QED) is 0.625. The second-order valence-corrected chi connectivity index (χ2v) is 6.80. The molecule has 0 bridgehead atoms. The number of nitrogens with one attached hydrogen (secondary N) is 1. The highest BCUT2D eigenvalue weighted by atomic mass is 35.5. The van der Waals surface area contributed by atoms with Gasteiger partial charge in [-0.2, -0.15) is 0 Å². The summed E-state index contributed by atoms with van der Waals surface area (Å²) in [6, 6.07) is 9.88. The molecule has 0 atom stereocenters. The van der Waals surface area contributed by atoms with Gasteiger partial charge in [-0.25, -0.2) is 0 Å². The van der Waals surface area contributed by atoms with Gasteiger partial charge in [0.25, 0.3) is 5.91 Å². The molecule has 0 saturated carbocycles. The van der Waals surface area contributed by atoms with Crippen LogP contribution >= 0.6 is 23.2 Å². The van der Waals surface area contributed by atoms with E-state index in [1.807, 2.05) is 0 Å². The van der Waals surface area contributed by atoms with Gasteiger partial charge in [-0.3, -0.25) is 14.4 Å². The Morgan fingerprint density at radius 2 is 1.76 bits per heavy atom. The molecule has 0 radical (unpaired) electrons. The van der Waals surface area contributed by atoms with Gasteiger partial charge in [-0.05, 0) is 24.3 Å². The van der Waals surface area contributed by atoms with Gasteiger partial charge in [-0.15, -0.1) is 10.2 Å². The van der Waals surface area contributed by atoms with E-state index in [1.54, 1.807) is 37.4 Å². The van der Waals surface area contributed by atoms with Crippen LogP contribution in [0.2, 0.25) is 10.2 Å². The van der Waals surface area contributed by atoms with Crippen LogP contribution in [0, 0.1) is 0 Å². The molecule has 9 nitrogen and oxygen atoms in total. The number of esters is 1. The van der Waals surface area contributed by atoms with Crippen molar-refractivity contribution in [3.05, 3.63) is 46.6 Å². The molecule has 154 valence electrons. The summed E-state index contributed by atoms with van der Waals surface area (Å²) in [5, 5.41) is 10.7. The fraction of sp³-hybridized carbons (Fsp3) is 0.278. The highest BCUT2D eigenvalue weighted by Crippen LogP contribution is 2.20. The standard InChI is InChI=1S/C18H19Cl2N5O4/c1-24(15-8-7-14(20)22-23-15)10-18(28)29-11-17(27)25(2)9-16(26)21-13-6-4-3-5-12(13)19/h3-8H,9-11H2,1-2H3,(H,21,26). The number of para-hydroxylation sites is 1. The van der Waals surface area contributed by atoms with Crippen molar-refractivity contribution in [2.45, 2.75) is 0 Å². The average molecular weight is 440 g/mol. The van der Waals surface area contributed by atoms with Crippen molar-refractivity contribution in [2.75, 3.05) is 44.0 Å². The van der Waals surface area contributed by atoms with Gasteiger partial charge in [0.2, 0.25) is 5.91 Å². The number of likely N-dealkylation sites (N-methyl/N-ethyl adjacent to an activating group) is 2. The highest BCUT2D eigenvalue weighted by molar-refractivity contribution is 6.33. The summed E-state index contributed by atoms with van der Waals surface area (Å²) >= 11 is 11.6. The lowest BCUT2D eigenvalue weighted by Gasteiger charge is -2.18. The Hall–Kier alpha value is -2.91. The van der Waals surface area contributed by atoms with E-state index in [9.17, 15) is 14.4 Å². The van der Waals surface area contributed by atoms with Gasteiger partial charge in [0.15, 0.2) is 17.6 Å². The minimum absolute atomic E-state index is 0.139. The van der Waals surface area contributed by atoms with E-state index in [4.69, 9.17) is 27.9 Å². The molecule has 1 aromatic carbocycles. The fourth-order valence-electron chi connectivity index (χ4n) is 2.14. The number of hydrogen-bond acceptors (Lipinski definition) is 7. The number of carbonyl (C=O) groups is 3. The van der Waals surface area contributed by atoms with E-state index in [1.165, 1.54) is 18.0 Å². The van der Waals surface area contributed by atoms with Crippen molar-refractivity contribution >= 4 is 52.5 Å². The molecule has 2 amide bonds. The summed E-state index contributed by atoms with van der Waals surface area (Å²) in [6.45, 7) is -0.850. The van der Waals surface area contributed by atoms with Crippen molar-refractivity contribution in [3.8, 4) is 0 Å². The third-order valence-electron chi connectivity index (χ3n) is 3.69. The van der Waals surface area contributed by atoms with E-state index < -0.39 is 24.4 Å². The van der Waals surface area contributed by atoms with Crippen LogP contribution in [-0.2, 0) is 19.1 Å². The molecule has 0 aliphatic carbocycles. The molecular weight excluding hydrogens is 421 g/mol. The van der Waals surface area contributed by atoms with Crippen LogP contribution in [0.3, 0.4) is 0 Å². The third kappa shape index (κ3) is 7.20. The van der Waals surface area contributed by atoms with E-state index in [2.05, 4.69) is 15.5 Å². The molecule has 0 aliphatic rings. The summed E-state index contributed by atoms with van der Waals surface area (Å²) in [4.78, 5) is 38.7. The maximum absolute atomic E-state index is 12.1.